The Morgan fingerprint density at radius 1 is 1.47 bits per heavy atom. The zero-order valence-electron chi connectivity index (χ0n) is 8.28. The summed E-state index contributed by atoms with van der Waals surface area (Å²) in [4.78, 5) is 15.7. The van der Waals surface area contributed by atoms with Crippen molar-refractivity contribution < 1.29 is 9.53 Å². The Hall–Kier alpha value is -0.900. The predicted molar refractivity (Wildman–Crippen MR) is 59.6 cm³/mol. The minimum Gasteiger partial charge on any atom is -0.459 e. The number of carbonyl (C=O) groups is 1. The molecule has 1 aliphatic rings. The maximum Gasteiger partial charge on any atom is 0.341 e. The van der Waals surface area contributed by atoms with Gasteiger partial charge in [-0.1, -0.05) is 0 Å². The van der Waals surface area contributed by atoms with Crippen LogP contribution >= 0.6 is 15.9 Å². The molecular formula is C11H12BrNO2. The molecule has 80 valence electrons. The first-order valence-corrected chi connectivity index (χ1v) is 5.88. The highest BCUT2D eigenvalue weighted by Crippen LogP contribution is 2.23. The summed E-state index contributed by atoms with van der Waals surface area (Å²) in [5, 5.41) is 0. The minimum absolute atomic E-state index is 0.101. The molecule has 1 aromatic rings. The van der Waals surface area contributed by atoms with Crippen molar-refractivity contribution in [2.75, 3.05) is 0 Å². The van der Waals surface area contributed by atoms with Gasteiger partial charge in [0.2, 0.25) is 0 Å². The molecule has 0 spiro atoms. The molecule has 0 bridgehead atoms. The number of hydrogen-bond donors (Lipinski definition) is 0. The molecule has 0 N–H and O–H groups in total. The summed E-state index contributed by atoms with van der Waals surface area (Å²) >= 11 is 3.23. The van der Waals surface area contributed by atoms with Gasteiger partial charge < -0.3 is 4.74 Å². The fourth-order valence-electron chi connectivity index (χ4n) is 1.76. The maximum atomic E-state index is 11.7. The topological polar surface area (TPSA) is 39.2 Å². The molecule has 0 aromatic carbocycles. The summed E-state index contributed by atoms with van der Waals surface area (Å²) in [5.41, 5.74) is 0.504. The molecule has 2 rings (SSSR count). The third kappa shape index (κ3) is 2.56. The Labute approximate surface area is 97.0 Å². The third-order valence-corrected chi connectivity index (χ3v) is 3.19. The molecule has 15 heavy (non-hydrogen) atoms. The van der Waals surface area contributed by atoms with Gasteiger partial charge in [0.25, 0.3) is 0 Å². The van der Waals surface area contributed by atoms with E-state index < -0.39 is 0 Å². The van der Waals surface area contributed by atoms with E-state index in [1.807, 2.05) is 0 Å². The van der Waals surface area contributed by atoms with Crippen molar-refractivity contribution in [3.8, 4) is 0 Å². The van der Waals surface area contributed by atoms with Crippen LogP contribution in [0, 0.1) is 0 Å². The van der Waals surface area contributed by atoms with Gasteiger partial charge >= 0.3 is 5.97 Å². The quantitative estimate of drug-likeness (QED) is 0.612. The van der Waals surface area contributed by atoms with Crippen LogP contribution in [0.25, 0.3) is 0 Å². The molecule has 0 amide bonds. The lowest BCUT2D eigenvalue weighted by atomic mass is 10.3. The van der Waals surface area contributed by atoms with Gasteiger partial charge in [-0.2, -0.15) is 0 Å². The van der Waals surface area contributed by atoms with Gasteiger partial charge in [-0.3, -0.25) is 0 Å². The molecule has 4 heteroatoms. The fraction of sp³-hybridized carbons (Fsp3) is 0.455. The Morgan fingerprint density at radius 2 is 2.20 bits per heavy atom. The molecule has 0 aliphatic heterocycles. The van der Waals surface area contributed by atoms with Crippen LogP contribution in [0.2, 0.25) is 0 Å². The van der Waals surface area contributed by atoms with Crippen LogP contribution in [0.3, 0.4) is 0 Å². The van der Waals surface area contributed by atoms with Gasteiger partial charge in [-0.05, 0) is 53.7 Å². The van der Waals surface area contributed by atoms with Crippen molar-refractivity contribution in [2.45, 2.75) is 31.8 Å². The first-order valence-electron chi connectivity index (χ1n) is 5.09. The second-order valence-corrected chi connectivity index (χ2v) is 4.40. The van der Waals surface area contributed by atoms with Crippen molar-refractivity contribution in [2.24, 2.45) is 0 Å². The van der Waals surface area contributed by atoms with E-state index in [0.717, 1.165) is 25.7 Å². The van der Waals surface area contributed by atoms with E-state index in [1.165, 1.54) is 0 Å². The monoisotopic (exact) mass is 269 g/mol. The normalized spacial score (nSPS) is 16.6. The van der Waals surface area contributed by atoms with Gasteiger partial charge in [0.1, 0.15) is 10.7 Å². The Morgan fingerprint density at radius 3 is 2.87 bits per heavy atom. The SMILES string of the molecule is O=C(OC1CCCC1)c1cccnc1Br. The first kappa shape index (κ1) is 10.6. The molecule has 3 nitrogen and oxygen atoms in total. The second-order valence-electron chi connectivity index (χ2n) is 3.65. The number of halogens is 1. The average molecular weight is 270 g/mol. The summed E-state index contributed by atoms with van der Waals surface area (Å²) in [6.45, 7) is 0. The molecular weight excluding hydrogens is 258 g/mol. The van der Waals surface area contributed by atoms with Crippen LogP contribution < -0.4 is 0 Å². The second kappa shape index (κ2) is 4.75. The summed E-state index contributed by atoms with van der Waals surface area (Å²) in [5.74, 6) is -0.276. The number of rotatable bonds is 2. The number of nitrogens with zero attached hydrogens (tertiary/aromatic N) is 1. The van der Waals surface area contributed by atoms with E-state index in [2.05, 4.69) is 20.9 Å². The van der Waals surface area contributed by atoms with E-state index >= 15 is 0 Å². The van der Waals surface area contributed by atoms with Crippen molar-refractivity contribution in [3.63, 3.8) is 0 Å². The van der Waals surface area contributed by atoms with E-state index in [9.17, 15) is 4.79 Å². The van der Waals surface area contributed by atoms with Crippen LogP contribution in [0.4, 0.5) is 0 Å². The van der Waals surface area contributed by atoms with E-state index in [1.54, 1.807) is 18.3 Å². The number of ether oxygens (including phenoxy) is 1. The van der Waals surface area contributed by atoms with Gasteiger partial charge in [-0.25, -0.2) is 9.78 Å². The van der Waals surface area contributed by atoms with Crippen molar-refractivity contribution in [1.82, 2.24) is 4.98 Å². The highest BCUT2D eigenvalue weighted by atomic mass is 79.9. The lowest BCUT2D eigenvalue weighted by Gasteiger charge is -2.11. The minimum atomic E-state index is -0.276. The number of esters is 1. The van der Waals surface area contributed by atoms with Crippen LogP contribution in [-0.2, 0) is 4.74 Å². The Kier molecular flexibility index (Phi) is 3.36. The van der Waals surface area contributed by atoms with E-state index in [-0.39, 0.29) is 12.1 Å². The standard InChI is InChI=1S/C11H12BrNO2/c12-10-9(6-3-7-13-10)11(14)15-8-4-1-2-5-8/h3,6-8H,1-2,4-5H2. The van der Waals surface area contributed by atoms with Gasteiger partial charge in [0.15, 0.2) is 0 Å². The maximum absolute atomic E-state index is 11.7. The van der Waals surface area contributed by atoms with E-state index in [4.69, 9.17) is 4.74 Å². The molecule has 1 fully saturated rings. The number of carbonyl (C=O) groups excluding carboxylic acids is 1. The molecule has 0 radical (unpaired) electrons. The smallest absolute Gasteiger partial charge is 0.341 e. The van der Waals surface area contributed by atoms with Gasteiger partial charge in [-0.15, -0.1) is 0 Å². The summed E-state index contributed by atoms with van der Waals surface area (Å²) in [6, 6.07) is 3.45. The van der Waals surface area contributed by atoms with Gasteiger partial charge in [0.05, 0.1) is 5.56 Å². The van der Waals surface area contributed by atoms with Crippen molar-refractivity contribution >= 4 is 21.9 Å². The van der Waals surface area contributed by atoms with Crippen molar-refractivity contribution in [1.29, 1.82) is 0 Å². The summed E-state index contributed by atoms with van der Waals surface area (Å²) in [7, 11) is 0. The molecule has 1 heterocycles. The van der Waals surface area contributed by atoms with Gasteiger partial charge in [0, 0.05) is 6.20 Å². The Balaban J connectivity index is 2.04. The zero-order valence-corrected chi connectivity index (χ0v) is 9.87. The zero-order chi connectivity index (χ0) is 10.7. The molecule has 1 saturated carbocycles. The number of pyridine rings is 1. The van der Waals surface area contributed by atoms with E-state index in [0.29, 0.717) is 10.2 Å². The van der Waals surface area contributed by atoms with Crippen molar-refractivity contribution in [3.05, 3.63) is 28.5 Å². The molecule has 0 saturated heterocycles. The average Bonchev–Trinajstić information content (AvgIpc) is 2.71. The van der Waals surface area contributed by atoms with Crippen LogP contribution in [-0.4, -0.2) is 17.1 Å². The van der Waals surface area contributed by atoms with Crippen LogP contribution in [0.5, 0.6) is 0 Å². The van der Waals surface area contributed by atoms with Crippen LogP contribution in [0.1, 0.15) is 36.0 Å². The molecule has 1 aromatic heterocycles. The highest BCUT2D eigenvalue weighted by molar-refractivity contribution is 9.10. The fourth-order valence-corrected chi connectivity index (χ4v) is 2.17. The number of aromatic nitrogens is 1. The molecule has 1 aliphatic carbocycles. The highest BCUT2D eigenvalue weighted by Gasteiger charge is 2.21. The number of hydrogen-bond acceptors (Lipinski definition) is 3. The lowest BCUT2D eigenvalue weighted by Crippen LogP contribution is -2.15. The largest absolute Gasteiger partial charge is 0.459 e. The Bertz CT molecular complexity index is 361. The van der Waals surface area contributed by atoms with Crippen LogP contribution in [0.15, 0.2) is 22.9 Å². The predicted octanol–water partition coefficient (Wildman–Crippen LogP) is 2.94. The first-order chi connectivity index (χ1) is 7.27. The third-order valence-electron chi connectivity index (χ3n) is 2.55. The lowest BCUT2D eigenvalue weighted by molar-refractivity contribution is 0.0316. The summed E-state index contributed by atoms with van der Waals surface area (Å²) < 4.78 is 5.92. The molecule has 0 unspecified atom stereocenters. The molecule has 0 atom stereocenters. The summed E-state index contributed by atoms with van der Waals surface area (Å²) in [6.07, 6.45) is 6.03.